The Morgan fingerprint density at radius 3 is 2.17 bits per heavy atom. The molecule has 1 aliphatic heterocycles. The molecule has 0 bridgehead atoms. The summed E-state index contributed by atoms with van der Waals surface area (Å²) in [5, 5.41) is 3.07. The third-order valence-electron chi connectivity index (χ3n) is 7.09. The van der Waals surface area contributed by atoms with Gasteiger partial charge in [-0.15, -0.1) is 0 Å². The number of likely N-dealkylation sites (tertiary alicyclic amines) is 1. The fraction of sp³-hybridized carbons (Fsp3) is 0.333. The first-order valence-corrected chi connectivity index (χ1v) is 12.4. The van der Waals surface area contributed by atoms with Crippen LogP contribution >= 0.6 is 0 Å². The maximum atomic E-state index is 13.5. The molecule has 4 rings (SSSR count). The van der Waals surface area contributed by atoms with Crippen LogP contribution in [0.15, 0.2) is 78.9 Å². The normalized spacial score (nSPS) is 14.8. The molecule has 36 heavy (non-hydrogen) atoms. The first-order chi connectivity index (χ1) is 17.5. The third kappa shape index (κ3) is 6.51. The molecule has 0 unspecified atom stereocenters. The highest BCUT2D eigenvalue weighted by Gasteiger charge is 2.42. The molecule has 0 spiro atoms. The highest BCUT2D eigenvalue weighted by Crippen LogP contribution is 2.36. The van der Waals surface area contributed by atoms with Crippen molar-refractivity contribution in [2.75, 3.05) is 20.2 Å². The summed E-state index contributed by atoms with van der Waals surface area (Å²) in [5.74, 6) is 0.607. The number of ether oxygens (including phenoxy) is 1. The van der Waals surface area contributed by atoms with Gasteiger partial charge in [-0.2, -0.15) is 0 Å². The highest BCUT2D eigenvalue weighted by molar-refractivity contribution is 5.84. The maximum absolute atomic E-state index is 13.5. The van der Waals surface area contributed by atoms with Gasteiger partial charge in [0.1, 0.15) is 11.6 Å². The van der Waals surface area contributed by atoms with Crippen molar-refractivity contribution in [3.8, 4) is 5.75 Å². The van der Waals surface area contributed by atoms with Gasteiger partial charge in [0.25, 0.3) is 0 Å². The van der Waals surface area contributed by atoms with Crippen molar-refractivity contribution in [1.29, 1.82) is 0 Å². The smallest absolute Gasteiger partial charge is 0.226 e. The summed E-state index contributed by atoms with van der Waals surface area (Å²) in [6.45, 7) is 1.46. The molecule has 1 heterocycles. The Bertz CT molecular complexity index is 1140. The van der Waals surface area contributed by atoms with E-state index in [4.69, 9.17) is 4.74 Å². The van der Waals surface area contributed by atoms with Crippen LogP contribution in [0.25, 0.3) is 0 Å². The number of aryl methyl sites for hydroxylation is 1. The SMILES string of the molecule is COc1ccc(CCC(=O)N2CCC(Cc3ccccc3)(C(=O)NCc3ccc(F)cc3)CC2)cc1. The van der Waals surface area contributed by atoms with Gasteiger partial charge < -0.3 is 15.0 Å². The highest BCUT2D eigenvalue weighted by atomic mass is 19.1. The van der Waals surface area contributed by atoms with Gasteiger partial charge in [0.2, 0.25) is 11.8 Å². The average molecular weight is 489 g/mol. The monoisotopic (exact) mass is 488 g/mol. The number of piperidine rings is 1. The number of hydrogen-bond donors (Lipinski definition) is 1. The molecule has 5 nitrogen and oxygen atoms in total. The van der Waals surface area contributed by atoms with Crippen molar-refractivity contribution < 1.29 is 18.7 Å². The molecule has 0 radical (unpaired) electrons. The van der Waals surface area contributed by atoms with Gasteiger partial charge in [0, 0.05) is 26.1 Å². The number of rotatable bonds is 9. The Morgan fingerprint density at radius 1 is 0.889 bits per heavy atom. The summed E-state index contributed by atoms with van der Waals surface area (Å²) >= 11 is 0. The Hall–Kier alpha value is -3.67. The molecule has 1 saturated heterocycles. The van der Waals surface area contributed by atoms with Crippen molar-refractivity contribution in [1.82, 2.24) is 10.2 Å². The number of carbonyl (C=O) groups excluding carboxylic acids is 2. The van der Waals surface area contributed by atoms with Gasteiger partial charge in [-0.05, 0) is 66.6 Å². The van der Waals surface area contributed by atoms with E-state index in [-0.39, 0.29) is 17.6 Å². The first-order valence-electron chi connectivity index (χ1n) is 12.4. The van der Waals surface area contributed by atoms with Crippen LogP contribution in [0.2, 0.25) is 0 Å². The van der Waals surface area contributed by atoms with E-state index in [0.717, 1.165) is 22.4 Å². The number of carbonyl (C=O) groups is 2. The number of methoxy groups -OCH3 is 1. The fourth-order valence-electron chi connectivity index (χ4n) is 4.83. The van der Waals surface area contributed by atoms with Crippen molar-refractivity contribution in [3.63, 3.8) is 0 Å². The largest absolute Gasteiger partial charge is 0.497 e. The van der Waals surface area contributed by atoms with Crippen LogP contribution in [0.4, 0.5) is 4.39 Å². The maximum Gasteiger partial charge on any atom is 0.226 e. The molecule has 1 fully saturated rings. The molecule has 0 saturated carbocycles. The number of halogens is 1. The molecular weight excluding hydrogens is 455 g/mol. The van der Waals surface area contributed by atoms with Crippen LogP contribution in [0.1, 0.15) is 36.0 Å². The predicted molar refractivity (Wildman–Crippen MR) is 138 cm³/mol. The fourth-order valence-corrected chi connectivity index (χ4v) is 4.83. The van der Waals surface area contributed by atoms with Crippen LogP contribution in [0.5, 0.6) is 5.75 Å². The van der Waals surface area contributed by atoms with E-state index in [1.165, 1.54) is 12.1 Å². The van der Waals surface area contributed by atoms with Gasteiger partial charge in [-0.25, -0.2) is 4.39 Å². The quantitative estimate of drug-likeness (QED) is 0.464. The molecule has 3 aromatic carbocycles. The van der Waals surface area contributed by atoms with Gasteiger partial charge >= 0.3 is 0 Å². The van der Waals surface area contributed by atoms with Gasteiger partial charge in [-0.1, -0.05) is 54.6 Å². The Kier molecular flexibility index (Phi) is 8.36. The molecule has 0 aliphatic carbocycles. The molecule has 6 heteroatoms. The molecule has 1 N–H and O–H groups in total. The molecule has 0 aromatic heterocycles. The minimum absolute atomic E-state index is 0.0130. The summed E-state index contributed by atoms with van der Waals surface area (Å²) < 4.78 is 18.4. The van der Waals surface area contributed by atoms with Crippen LogP contribution in [-0.4, -0.2) is 36.9 Å². The second-order valence-corrected chi connectivity index (χ2v) is 9.48. The molecule has 3 aromatic rings. The number of benzene rings is 3. The average Bonchev–Trinajstić information content (AvgIpc) is 2.92. The second kappa shape index (κ2) is 11.8. The lowest BCUT2D eigenvalue weighted by Crippen LogP contribution is -2.51. The van der Waals surface area contributed by atoms with E-state index >= 15 is 0 Å². The molecule has 0 atom stereocenters. The summed E-state index contributed by atoms with van der Waals surface area (Å²) in [6, 6.07) is 24.0. The van der Waals surface area contributed by atoms with Crippen molar-refractivity contribution in [3.05, 3.63) is 101 Å². The summed E-state index contributed by atoms with van der Waals surface area (Å²) in [4.78, 5) is 28.3. The van der Waals surface area contributed by atoms with Crippen LogP contribution in [0, 0.1) is 11.2 Å². The minimum atomic E-state index is -0.589. The van der Waals surface area contributed by atoms with Gasteiger partial charge in [0.05, 0.1) is 12.5 Å². The number of nitrogens with one attached hydrogen (secondary N) is 1. The van der Waals surface area contributed by atoms with E-state index < -0.39 is 5.41 Å². The van der Waals surface area contributed by atoms with E-state index in [1.807, 2.05) is 59.5 Å². The van der Waals surface area contributed by atoms with E-state index in [2.05, 4.69) is 5.32 Å². The van der Waals surface area contributed by atoms with E-state index in [1.54, 1.807) is 19.2 Å². The topological polar surface area (TPSA) is 58.6 Å². The van der Waals surface area contributed by atoms with Crippen molar-refractivity contribution in [2.24, 2.45) is 5.41 Å². The summed E-state index contributed by atoms with van der Waals surface area (Å²) in [5.41, 5.74) is 2.47. The number of nitrogens with zero attached hydrogens (tertiary/aromatic N) is 1. The van der Waals surface area contributed by atoms with Crippen LogP contribution < -0.4 is 10.1 Å². The molecule has 188 valence electrons. The number of hydrogen-bond acceptors (Lipinski definition) is 3. The summed E-state index contributed by atoms with van der Waals surface area (Å²) in [7, 11) is 1.63. The molecule has 1 aliphatic rings. The molecular formula is C30H33FN2O3. The van der Waals surface area contributed by atoms with Gasteiger partial charge in [-0.3, -0.25) is 9.59 Å². The predicted octanol–water partition coefficient (Wildman–Crippen LogP) is 4.93. The zero-order valence-corrected chi connectivity index (χ0v) is 20.7. The van der Waals surface area contributed by atoms with Gasteiger partial charge in [0.15, 0.2) is 0 Å². The van der Waals surface area contributed by atoms with Crippen LogP contribution in [-0.2, 0) is 29.0 Å². The van der Waals surface area contributed by atoms with E-state index in [0.29, 0.717) is 51.7 Å². The first kappa shape index (κ1) is 25.4. The Balaban J connectivity index is 1.38. The Labute approximate surface area is 212 Å². The minimum Gasteiger partial charge on any atom is -0.497 e. The molecule has 2 amide bonds. The zero-order chi connectivity index (χ0) is 25.4. The zero-order valence-electron chi connectivity index (χ0n) is 20.7. The lowest BCUT2D eigenvalue weighted by Gasteiger charge is -2.41. The van der Waals surface area contributed by atoms with Crippen molar-refractivity contribution >= 4 is 11.8 Å². The van der Waals surface area contributed by atoms with Crippen molar-refractivity contribution in [2.45, 2.75) is 38.6 Å². The second-order valence-electron chi connectivity index (χ2n) is 9.48. The Morgan fingerprint density at radius 2 is 1.53 bits per heavy atom. The van der Waals surface area contributed by atoms with E-state index in [9.17, 15) is 14.0 Å². The summed E-state index contributed by atoms with van der Waals surface area (Å²) in [6.07, 6.45) is 2.94. The number of amides is 2. The third-order valence-corrected chi connectivity index (χ3v) is 7.09. The lowest BCUT2D eigenvalue weighted by atomic mass is 9.72. The standard InChI is InChI=1S/C30H33FN2O3/c1-36-27-14-9-23(10-15-27)11-16-28(34)33-19-17-30(18-20-33,21-24-5-3-2-4-6-24)29(35)32-22-25-7-12-26(31)13-8-25/h2-10,12-15H,11,16-22H2,1H3,(H,32,35). The lowest BCUT2D eigenvalue weighted by molar-refractivity contribution is -0.140. The van der Waals surface area contributed by atoms with Crippen LogP contribution in [0.3, 0.4) is 0 Å².